The van der Waals surface area contributed by atoms with Crippen molar-refractivity contribution in [3.63, 3.8) is 0 Å². The van der Waals surface area contributed by atoms with Gasteiger partial charge in [-0.05, 0) is 61.1 Å². The van der Waals surface area contributed by atoms with Gasteiger partial charge in [-0.3, -0.25) is 9.59 Å². The van der Waals surface area contributed by atoms with E-state index >= 15 is 0 Å². The topological polar surface area (TPSA) is 42.3 Å². The molecular formula is C19H21FN2O2. The number of nitrogens with zero attached hydrogens (tertiary/aromatic N) is 2. The van der Waals surface area contributed by atoms with Crippen LogP contribution in [0.15, 0.2) is 41.3 Å². The van der Waals surface area contributed by atoms with Crippen LogP contribution >= 0.6 is 0 Å². The van der Waals surface area contributed by atoms with Gasteiger partial charge in [0.25, 0.3) is 11.5 Å². The van der Waals surface area contributed by atoms with E-state index in [1.165, 1.54) is 12.1 Å². The molecule has 0 atom stereocenters. The number of piperidine rings is 1. The van der Waals surface area contributed by atoms with Crippen LogP contribution in [-0.4, -0.2) is 28.5 Å². The smallest absolute Gasteiger partial charge is 0.253 e. The minimum Gasteiger partial charge on any atom is -0.339 e. The van der Waals surface area contributed by atoms with Gasteiger partial charge in [-0.2, -0.15) is 0 Å². The van der Waals surface area contributed by atoms with Crippen molar-refractivity contribution in [1.82, 2.24) is 9.47 Å². The molecule has 1 saturated heterocycles. The van der Waals surface area contributed by atoms with E-state index in [-0.39, 0.29) is 17.3 Å². The number of halogens is 1. The Labute approximate surface area is 140 Å². The van der Waals surface area contributed by atoms with Gasteiger partial charge in [0.2, 0.25) is 0 Å². The fraction of sp³-hybridized carbons (Fsp3) is 0.368. The van der Waals surface area contributed by atoms with Gasteiger partial charge in [0.1, 0.15) is 5.82 Å². The van der Waals surface area contributed by atoms with Crippen molar-refractivity contribution in [2.75, 3.05) is 13.1 Å². The number of aromatic nitrogens is 1. The van der Waals surface area contributed by atoms with E-state index in [0.717, 1.165) is 18.4 Å². The monoisotopic (exact) mass is 328 g/mol. The Morgan fingerprint density at radius 2 is 1.88 bits per heavy atom. The van der Waals surface area contributed by atoms with E-state index in [4.69, 9.17) is 0 Å². The zero-order valence-electron chi connectivity index (χ0n) is 14.0. The SMILES string of the molecule is Cc1cc(C(=O)N2CCC(c3ccn(C)c(=O)c3)CC2)ccc1F. The Morgan fingerprint density at radius 1 is 1.17 bits per heavy atom. The van der Waals surface area contributed by atoms with Crippen molar-refractivity contribution in [2.45, 2.75) is 25.7 Å². The van der Waals surface area contributed by atoms with Gasteiger partial charge in [-0.25, -0.2) is 4.39 Å². The molecule has 0 saturated carbocycles. The Hall–Kier alpha value is -2.43. The predicted octanol–water partition coefficient (Wildman–Crippen LogP) is 2.85. The molecule has 1 fully saturated rings. The zero-order chi connectivity index (χ0) is 17.3. The maximum atomic E-state index is 13.4. The summed E-state index contributed by atoms with van der Waals surface area (Å²) in [5.41, 5.74) is 2.05. The van der Waals surface area contributed by atoms with E-state index in [1.807, 2.05) is 11.0 Å². The number of hydrogen-bond donors (Lipinski definition) is 0. The predicted molar refractivity (Wildman–Crippen MR) is 90.7 cm³/mol. The summed E-state index contributed by atoms with van der Waals surface area (Å²) in [7, 11) is 1.73. The molecule has 0 spiro atoms. The first kappa shape index (κ1) is 16.4. The molecule has 0 aliphatic carbocycles. The number of carbonyl (C=O) groups is 1. The molecule has 1 aromatic carbocycles. The second-order valence-electron chi connectivity index (χ2n) is 6.44. The molecule has 0 radical (unpaired) electrons. The maximum absolute atomic E-state index is 13.4. The van der Waals surface area contributed by atoms with Crippen LogP contribution in [0, 0.1) is 12.7 Å². The van der Waals surface area contributed by atoms with Gasteiger partial charge < -0.3 is 9.47 Å². The molecule has 2 heterocycles. The van der Waals surface area contributed by atoms with Gasteiger partial charge in [0.05, 0.1) is 0 Å². The maximum Gasteiger partial charge on any atom is 0.253 e. The average molecular weight is 328 g/mol. The first-order valence-corrected chi connectivity index (χ1v) is 8.17. The van der Waals surface area contributed by atoms with Crippen molar-refractivity contribution in [3.8, 4) is 0 Å². The Morgan fingerprint density at radius 3 is 2.50 bits per heavy atom. The molecule has 2 aromatic rings. The number of carbonyl (C=O) groups excluding carboxylic acids is 1. The zero-order valence-corrected chi connectivity index (χ0v) is 14.0. The number of pyridine rings is 1. The first-order valence-electron chi connectivity index (χ1n) is 8.17. The summed E-state index contributed by atoms with van der Waals surface area (Å²) in [5, 5.41) is 0. The lowest BCUT2D eigenvalue weighted by molar-refractivity contribution is 0.0713. The van der Waals surface area contributed by atoms with Crippen LogP contribution in [-0.2, 0) is 7.05 Å². The highest BCUT2D eigenvalue weighted by Gasteiger charge is 2.25. The fourth-order valence-corrected chi connectivity index (χ4v) is 3.19. The van der Waals surface area contributed by atoms with E-state index in [1.54, 1.807) is 36.9 Å². The van der Waals surface area contributed by atoms with Crippen LogP contribution in [0.3, 0.4) is 0 Å². The van der Waals surface area contributed by atoms with Crippen molar-refractivity contribution < 1.29 is 9.18 Å². The molecule has 1 aromatic heterocycles. The van der Waals surface area contributed by atoms with Gasteiger partial charge >= 0.3 is 0 Å². The molecule has 126 valence electrons. The van der Waals surface area contributed by atoms with E-state index in [0.29, 0.717) is 30.1 Å². The summed E-state index contributed by atoms with van der Waals surface area (Å²) in [6.07, 6.45) is 3.45. The normalized spacial score (nSPS) is 15.5. The van der Waals surface area contributed by atoms with Crippen LogP contribution < -0.4 is 5.56 Å². The summed E-state index contributed by atoms with van der Waals surface area (Å²) < 4.78 is 14.9. The van der Waals surface area contributed by atoms with E-state index in [2.05, 4.69) is 0 Å². The molecule has 5 heteroatoms. The van der Waals surface area contributed by atoms with Crippen LogP contribution in [0.4, 0.5) is 4.39 Å². The Balaban J connectivity index is 1.68. The molecule has 24 heavy (non-hydrogen) atoms. The van der Waals surface area contributed by atoms with Crippen molar-refractivity contribution in [1.29, 1.82) is 0 Å². The minimum absolute atomic E-state index is 0.00667. The van der Waals surface area contributed by atoms with Crippen molar-refractivity contribution in [3.05, 3.63) is 69.4 Å². The van der Waals surface area contributed by atoms with Gasteiger partial charge in [0.15, 0.2) is 0 Å². The number of hydrogen-bond acceptors (Lipinski definition) is 2. The van der Waals surface area contributed by atoms with Crippen molar-refractivity contribution in [2.24, 2.45) is 7.05 Å². The lowest BCUT2D eigenvalue weighted by Crippen LogP contribution is -2.38. The van der Waals surface area contributed by atoms with Crippen LogP contribution in [0.1, 0.15) is 40.2 Å². The second kappa shape index (κ2) is 6.59. The lowest BCUT2D eigenvalue weighted by Gasteiger charge is -2.32. The third kappa shape index (κ3) is 3.25. The standard InChI is InChI=1S/C19H21FN2O2/c1-13-11-16(3-4-17(13)20)19(24)22-9-6-14(7-10-22)15-5-8-21(2)18(23)12-15/h3-5,8,11-12,14H,6-7,9-10H2,1-2H3. The molecule has 0 unspecified atom stereocenters. The van der Waals surface area contributed by atoms with Gasteiger partial charge in [-0.1, -0.05) is 0 Å². The minimum atomic E-state index is -0.295. The van der Waals surface area contributed by atoms with Gasteiger partial charge in [-0.15, -0.1) is 0 Å². The molecule has 0 N–H and O–H groups in total. The highest BCUT2D eigenvalue weighted by Crippen LogP contribution is 2.28. The summed E-state index contributed by atoms with van der Waals surface area (Å²) in [5.74, 6) is -0.0469. The number of benzene rings is 1. The first-order chi connectivity index (χ1) is 11.5. The highest BCUT2D eigenvalue weighted by molar-refractivity contribution is 5.94. The summed E-state index contributed by atoms with van der Waals surface area (Å²) in [6.45, 7) is 2.96. The number of rotatable bonds is 2. The molecule has 1 amide bonds. The summed E-state index contributed by atoms with van der Waals surface area (Å²) in [4.78, 5) is 26.1. The Kier molecular flexibility index (Phi) is 4.51. The van der Waals surface area contributed by atoms with Crippen molar-refractivity contribution >= 4 is 5.91 Å². The molecule has 3 rings (SSSR count). The fourth-order valence-electron chi connectivity index (χ4n) is 3.19. The number of amides is 1. The molecule has 1 aliphatic heterocycles. The van der Waals surface area contributed by atoms with E-state index in [9.17, 15) is 14.0 Å². The third-order valence-corrected chi connectivity index (χ3v) is 4.79. The quantitative estimate of drug-likeness (QED) is 0.851. The van der Waals surface area contributed by atoms with Crippen LogP contribution in [0.25, 0.3) is 0 Å². The molecular weight excluding hydrogens is 307 g/mol. The number of aryl methyl sites for hydroxylation is 2. The molecule has 4 nitrogen and oxygen atoms in total. The van der Waals surface area contributed by atoms with E-state index < -0.39 is 0 Å². The Bertz CT molecular complexity index is 820. The second-order valence-corrected chi connectivity index (χ2v) is 6.44. The molecule has 0 bridgehead atoms. The van der Waals surface area contributed by atoms with Gasteiger partial charge in [0, 0.05) is 38.0 Å². The molecule has 1 aliphatic rings. The van der Waals surface area contributed by atoms with Crippen LogP contribution in [0.2, 0.25) is 0 Å². The average Bonchev–Trinajstić information content (AvgIpc) is 2.59. The summed E-state index contributed by atoms with van der Waals surface area (Å²) in [6, 6.07) is 8.15. The van der Waals surface area contributed by atoms with Crippen LogP contribution in [0.5, 0.6) is 0 Å². The largest absolute Gasteiger partial charge is 0.339 e. The number of likely N-dealkylation sites (tertiary alicyclic amines) is 1. The highest BCUT2D eigenvalue weighted by atomic mass is 19.1. The summed E-state index contributed by atoms with van der Waals surface area (Å²) >= 11 is 0. The lowest BCUT2D eigenvalue weighted by atomic mass is 9.90. The third-order valence-electron chi connectivity index (χ3n) is 4.79.